The summed E-state index contributed by atoms with van der Waals surface area (Å²) in [5.41, 5.74) is 0. The van der Waals surface area contributed by atoms with Crippen molar-refractivity contribution in [2.45, 2.75) is 16.2 Å². The minimum Gasteiger partial charge on any atom is -0.265 e. The predicted molar refractivity (Wildman–Crippen MR) is 91.0 cm³/mol. The van der Waals surface area contributed by atoms with Crippen LogP contribution < -0.4 is 0 Å². The van der Waals surface area contributed by atoms with E-state index in [4.69, 9.17) is 0 Å². The standard InChI is InChI=1S/C15H14N2O6S2/c18-24(19,14-8-3-1-4-9-14)22-16-12-7-13-17-23-25(20,21)15-10-5-2-6-11-15/h1-6,8-13H,7H2/b16-12+,17-13+. The van der Waals surface area contributed by atoms with Crippen LogP contribution in [0.2, 0.25) is 0 Å². The highest BCUT2D eigenvalue weighted by Gasteiger charge is 2.14. The Hall–Kier alpha value is -2.72. The number of hydrogen-bond acceptors (Lipinski definition) is 8. The summed E-state index contributed by atoms with van der Waals surface area (Å²) >= 11 is 0. The van der Waals surface area contributed by atoms with Gasteiger partial charge < -0.3 is 0 Å². The molecule has 10 heteroatoms. The van der Waals surface area contributed by atoms with E-state index in [9.17, 15) is 16.8 Å². The van der Waals surface area contributed by atoms with Gasteiger partial charge in [0.1, 0.15) is 9.79 Å². The summed E-state index contributed by atoms with van der Waals surface area (Å²) in [5, 5.41) is 6.60. The largest absolute Gasteiger partial charge is 0.358 e. The molecule has 0 heterocycles. The summed E-state index contributed by atoms with van der Waals surface area (Å²) in [4.78, 5) is -0.0591. The van der Waals surface area contributed by atoms with E-state index in [0.717, 1.165) is 12.4 Å². The molecule has 0 spiro atoms. The molecule has 0 radical (unpaired) electrons. The van der Waals surface area contributed by atoms with Gasteiger partial charge in [-0.2, -0.15) is 16.8 Å². The van der Waals surface area contributed by atoms with E-state index in [1.165, 1.54) is 24.3 Å². The van der Waals surface area contributed by atoms with Crippen LogP contribution in [0.15, 0.2) is 80.8 Å². The Morgan fingerprint density at radius 3 is 1.40 bits per heavy atom. The Bertz CT molecular complexity index is 861. The zero-order chi connectivity index (χ0) is 18.2. The first-order chi connectivity index (χ1) is 11.9. The van der Waals surface area contributed by atoms with Gasteiger partial charge in [-0.1, -0.05) is 46.7 Å². The Balaban J connectivity index is 1.83. The van der Waals surface area contributed by atoms with Gasteiger partial charge >= 0.3 is 20.2 Å². The monoisotopic (exact) mass is 382 g/mol. The van der Waals surface area contributed by atoms with E-state index in [1.54, 1.807) is 36.4 Å². The van der Waals surface area contributed by atoms with Crippen LogP contribution in [0.5, 0.6) is 0 Å². The topological polar surface area (TPSA) is 111 Å². The third kappa shape index (κ3) is 5.69. The summed E-state index contributed by atoms with van der Waals surface area (Å²) in [5.74, 6) is 0. The van der Waals surface area contributed by atoms with Crippen LogP contribution in [0, 0.1) is 0 Å². The molecule has 0 saturated heterocycles. The van der Waals surface area contributed by atoms with Crippen LogP contribution in [0.4, 0.5) is 0 Å². The van der Waals surface area contributed by atoms with Crippen molar-refractivity contribution in [1.29, 1.82) is 0 Å². The van der Waals surface area contributed by atoms with Gasteiger partial charge in [0.05, 0.1) is 12.4 Å². The molecule has 2 aromatic carbocycles. The van der Waals surface area contributed by atoms with Crippen molar-refractivity contribution in [1.82, 2.24) is 0 Å². The van der Waals surface area contributed by atoms with Gasteiger partial charge in [0.2, 0.25) is 0 Å². The minimum atomic E-state index is -3.98. The molecule has 0 aliphatic carbocycles. The second-order valence-corrected chi connectivity index (χ2v) is 7.55. The van der Waals surface area contributed by atoms with Gasteiger partial charge in [-0.25, -0.2) is 0 Å². The molecule has 0 fully saturated rings. The third-order valence-corrected chi connectivity index (χ3v) is 4.97. The molecule has 8 nitrogen and oxygen atoms in total. The molecule has 0 N–H and O–H groups in total. The Kier molecular flexibility index (Phi) is 6.25. The van der Waals surface area contributed by atoms with E-state index >= 15 is 0 Å². The molecule has 2 rings (SSSR count). The number of hydrogen-bond donors (Lipinski definition) is 0. The van der Waals surface area contributed by atoms with Gasteiger partial charge in [-0.15, -0.1) is 0 Å². The fourth-order valence-corrected chi connectivity index (χ4v) is 3.07. The normalized spacial score (nSPS) is 12.5. The lowest BCUT2D eigenvalue weighted by Crippen LogP contribution is -2.03. The lowest BCUT2D eigenvalue weighted by molar-refractivity contribution is 0.339. The molecule has 0 amide bonds. The van der Waals surface area contributed by atoms with E-state index in [1.807, 2.05) is 0 Å². The maximum atomic E-state index is 11.7. The highest BCUT2D eigenvalue weighted by Crippen LogP contribution is 2.12. The number of nitrogens with zero attached hydrogens (tertiary/aromatic N) is 2. The van der Waals surface area contributed by atoms with E-state index in [2.05, 4.69) is 18.9 Å². The van der Waals surface area contributed by atoms with Crippen LogP contribution in [0.1, 0.15) is 6.42 Å². The Labute approximate surface area is 145 Å². The van der Waals surface area contributed by atoms with Crippen molar-refractivity contribution in [2.24, 2.45) is 10.3 Å². The maximum Gasteiger partial charge on any atom is 0.358 e. The minimum absolute atomic E-state index is 0.00855. The van der Waals surface area contributed by atoms with E-state index < -0.39 is 20.2 Å². The van der Waals surface area contributed by atoms with Crippen LogP contribution in [-0.4, -0.2) is 29.3 Å². The molecule has 0 aliphatic heterocycles. The zero-order valence-electron chi connectivity index (χ0n) is 12.8. The Morgan fingerprint density at radius 1 is 0.680 bits per heavy atom. The van der Waals surface area contributed by atoms with Crippen LogP contribution in [0.3, 0.4) is 0 Å². The van der Waals surface area contributed by atoms with Gasteiger partial charge in [0.15, 0.2) is 0 Å². The van der Waals surface area contributed by atoms with Crippen molar-refractivity contribution in [3.05, 3.63) is 60.7 Å². The Morgan fingerprint density at radius 2 is 1.04 bits per heavy atom. The first kappa shape index (κ1) is 18.6. The summed E-state index contributed by atoms with van der Waals surface area (Å²) in [6.45, 7) is 0. The molecule has 0 unspecified atom stereocenters. The van der Waals surface area contributed by atoms with Crippen LogP contribution in [-0.2, 0) is 28.8 Å². The van der Waals surface area contributed by atoms with Crippen molar-refractivity contribution in [3.63, 3.8) is 0 Å². The van der Waals surface area contributed by atoms with Crippen molar-refractivity contribution in [3.8, 4) is 0 Å². The zero-order valence-corrected chi connectivity index (χ0v) is 14.4. The fraction of sp³-hybridized carbons (Fsp3) is 0.0667. The highest BCUT2D eigenvalue weighted by molar-refractivity contribution is 7.87. The van der Waals surface area contributed by atoms with Gasteiger partial charge in [0, 0.05) is 6.42 Å². The molecule has 2 aromatic rings. The number of rotatable bonds is 8. The van der Waals surface area contributed by atoms with Crippen molar-refractivity contribution >= 4 is 32.7 Å². The predicted octanol–water partition coefficient (Wildman–Crippen LogP) is 2.16. The lowest BCUT2D eigenvalue weighted by atomic mass is 10.4. The molecular weight excluding hydrogens is 368 g/mol. The van der Waals surface area contributed by atoms with Crippen LogP contribution in [0.25, 0.3) is 0 Å². The molecule has 0 bridgehead atoms. The average Bonchev–Trinajstić information content (AvgIpc) is 2.62. The molecule has 0 aromatic heterocycles. The summed E-state index contributed by atoms with van der Waals surface area (Å²) in [7, 11) is -7.96. The van der Waals surface area contributed by atoms with Gasteiger partial charge in [-0.05, 0) is 24.3 Å². The van der Waals surface area contributed by atoms with Crippen LogP contribution >= 0.6 is 0 Å². The molecule has 0 atom stereocenters. The maximum absolute atomic E-state index is 11.7. The van der Waals surface area contributed by atoms with Crippen molar-refractivity contribution in [2.75, 3.05) is 0 Å². The SMILES string of the molecule is O=S(=O)(O/N=C/C/C=N/OS(=O)(=O)c1ccccc1)c1ccccc1. The lowest BCUT2D eigenvalue weighted by Gasteiger charge is -2.00. The van der Waals surface area contributed by atoms with Gasteiger partial charge in [-0.3, -0.25) is 8.57 Å². The summed E-state index contributed by atoms with van der Waals surface area (Å²) < 4.78 is 55.8. The fourth-order valence-electron chi connectivity index (χ4n) is 1.57. The molecule has 0 aliphatic rings. The summed E-state index contributed by atoms with van der Waals surface area (Å²) in [6, 6.07) is 15.0. The number of oxime groups is 2. The second kappa shape index (κ2) is 8.40. The number of benzene rings is 2. The smallest absolute Gasteiger partial charge is 0.265 e. The molecule has 0 saturated carbocycles. The van der Waals surface area contributed by atoms with Gasteiger partial charge in [0.25, 0.3) is 0 Å². The highest BCUT2D eigenvalue weighted by atomic mass is 32.2. The van der Waals surface area contributed by atoms with E-state index in [-0.39, 0.29) is 16.2 Å². The van der Waals surface area contributed by atoms with Crippen molar-refractivity contribution < 1.29 is 25.4 Å². The summed E-state index contributed by atoms with van der Waals surface area (Å²) in [6.07, 6.45) is 2.21. The third-order valence-electron chi connectivity index (χ3n) is 2.71. The molecule has 25 heavy (non-hydrogen) atoms. The quantitative estimate of drug-likeness (QED) is 0.511. The first-order valence-electron chi connectivity index (χ1n) is 6.93. The first-order valence-corrected chi connectivity index (χ1v) is 9.74. The molecule has 132 valence electrons. The molecular formula is C15H14N2O6S2. The average molecular weight is 382 g/mol. The second-order valence-electron chi connectivity index (χ2n) is 4.50. The van der Waals surface area contributed by atoms with E-state index in [0.29, 0.717) is 0 Å².